The van der Waals surface area contributed by atoms with Gasteiger partial charge in [0.2, 0.25) is 0 Å². The predicted molar refractivity (Wildman–Crippen MR) is 131 cm³/mol. The molecule has 0 aliphatic carbocycles. The lowest BCUT2D eigenvalue weighted by molar-refractivity contribution is 0.0996. The molecule has 11 heteroatoms. The third-order valence-electron chi connectivity index (χ3n) is 5.37. The van der Waals surface area contributed by atoms with Gasteiger partial charge in [0.05, 0.1) is 31.1 Å². The molecule has 0 spiro atoms. The van der Waals surface area contributed by atoms with Gasteiger partial charge in [0.25, 0.3) is 17.7 Å². The average Bonchev–Trinajstić information content (AvgIpc) is 2.84. The van der Waals surface area contributed by atoms with Gasteiger partial charge in [-0.2, -0.15) is 0 Å². The third-order valence-corrected chi connectivity index (χ3v) is 5.37. The zero-order valence-corrected chi connectivity index (χ0v) is 19.9. The molecule has 0 saturated carbocycles. The number of amides is 2. The van der Waals surface area contributed by atoms with E-state index >= 15 is 0 Å². The van der Waals surface area contributed by atoms with Crippen LogP contribution < -0.4 is 25.3 Å². The Morgan fingerprint density at radius 3 is 2.28 bits per heavy atom. The van der Waals surface area contributed by atoms with E-state index in [1.54, 1.807) is 49.5 Å². The van der Waals surface area contributed by atoms with E-state index in [1.165, 1.54) is 21.1 Å². The molecular weight excluding hydrogens is 466 g/mol. The minimum Gasteiger partial charge on any atom is -0.506 e. The number of primary amides is 1. The van der Waals surface area contributed by atoms with E-state index in [-0.39, 0.29) is 22.5 Å². The number of anilines is 1. The van der Waals surface area contributed by atoms with Crippen molar-refractivity contribution in [1.82, 2.24) is 15.0 Å². The van der Waals surface area contributed by atoms with Crippen molar-refractivity contribution in [2.45, 2.75) is 13.8 Å². The summed E-state index contributed by atoms with van der Waals surface area (Å²) in [5, 5.41) is 13.2. The zero-order chi connectivity index (χ0) is 26.0. The number of fused-ring (bicyclic) bond motifs is 1. The summed E-state index contributed by atoms with van der Waals surface area (Å²) in [6, 6.07) is 9.92. The van der Waals surface area contributed by atoms with Crippen LogP contribution in [0.5, 0.6) is 28.9 Å². The van der Waals surface area contributed by atoms with Crippen molar-refractivity contribution in [3.8, 4) is 28.9 Å². The molecule has 1 aromatic carbocycles. The number of aromatic nitrogens is 3. The van der Waals surface area contributed by atoms with E-state index in [0.29, 0.717) is 39.8 Å². The quantitative estimate of drug-likeness (QED) is 0.353. The molecule has 11 nitrogen and oxygen atoms in total. The van der Waals surface area contributed by atoms with Crippen molar-refractivity contribution in [1.29, 1.82) is 0 Å². The molecular formula is C25H23N5O6. The molecule has 0 aliphatic rings. The van der Waals surface area contributed by atoms with E-state index in [9.17, 15) is 14.7 Å². The number of aromatic hydroxyl groups is 1. The summed E-state index contributed by atoms with van der Waals surface area (Å²) in [6.07, 6.45) is 1.59. The van der Waals surface area contributed by atoms with Gasteiger partial charge >= 0.3 is 0 Å². The summed E-state index contributed by atoms with van der Waals surface area (Å²) in [5.41, 5.74) is 6.97. The Bertz CT molecular complexity index is 1490. The first kappa shape index (κ1) is 24.2. The molecule has 4 N–H and O–H groups in total. The number of nitrogens with one attached hydrogen (secondary N) is 1. The van der Waals surface area contributed by atoms with Gasteiger partial charge in [-0.15, -0.1) is 0 Å². The molecule has 0 unspecified atom stereocenters. The van der Waals surface area contributed by atoms with E-state index in [1.807, 2.05) is 0 Å². The first-order chi connectivity index (χ1) is 17.2. The Labute approximate surface area is 205 Å². The summed E-state index contributed by atoms with van der Waals surface area (Å²) >= 11 is 0. The molecule has 0 atom stereocenters. The molecule has 0 fully saturated rings. The maximum absolute atomic E-state index is 12.8. The van der Waals surface area contributed by atoms with Gasteiger partial charge in [0.1, 0.15) is 28.1 Å². The highest BCUT2D eigenvalue weighted by molar-refractivity contribution is 6.10. The molecule has 0 radical (unpaired) electrons. The van der Waals surface area contributed by atoms with Crippen molar-refractivity contribution in [2.75, 3.05) is 19.5 Å². The number of carbonyl (C=O) groups is 2. The maximum Gasteiger partial charge on any atom is 0.261 e. The number of rotatable bonds is 7. The highest BCUT2D eigenvalue weighted by Crippen LogP contribution is 2.34. The zero-order valence-electron chi connectivity index (χ0n) is 19.9. The lowest BCUT2D eigenvalue weighted by Crippen LogP contribution is -2.20. The number of nitrogens with zero attached hydrogens (tertiary/aromatic N) is 3. The Kier molecular flexibility index (Phi) is 6.55. The Hall–Kier alpha value is -4.93. The van der Waals surface area contributed by atoms with Crippen molar-refractivity contribution in [2.24, 2.45) is 5.73 Å². The lowest BCUT2D eigenvalue weighted by Gasteiger charge is -2.14. The molecule has 0 bridgehead atoms. The SMILES string of the molecule is COc1cc2nccc(Oc3ccc(NC(=O)c4c(C)nc(C)c(C(N)=O)c4O)cc3)c2nc1OC. The van der Waals surface area contributed by atoms with Crippen molar-refractivity contribution in [3.63, 3.8) is 0 Å². The summed E-state index contributed by atoms with van der Waals surface area (Å²) < 4.78 is 16.5. The van der Waals surface area contributed by atoms with Crippen LogP contribution in [0.1, 0.15) is 32.1 Å². The number of pyridine rings is 3. The molecule has 36 heavy (non-hydrogen) atoms. The fraction of sp³-hybridized carbons (Fsp3) is 0.160. The standard InChI is InChI=1S/C25H23N5O6/c1-12-19(23(26)32)22(31)20(13(2)28-12)24(33)29-14-5-7-15(8-6-14)36-17-9-10-27-16-11-18(34-3)25(35-4)30-21(16)17/h5-11H,1-4H3,(H2,26,32)(H,28,31)(H,29,33). The normalized spacial score (nSPS) is 10.7. The number of carbonyl (C=O) groups excluding carboxylic acids is 2. The van der Waals surface area contributed by atoms with Gasteiger partial charge < -0.3 is 30.4 Å². The summed E-state index contributed by atoms with van der Waals surface area (Å²) in [5.74, 6) is -0.352. The first-order valence-corrected chi connectivity index (χ1v) is 10.7. The molecule has 0 aliphatic heterocycles. The van der Waals surface area contributed by atoms with Crippen molar-refractivity contribution in [3.05, 3.63) is 65.1 Å². The van der Waals surface area contributed by atoms with Gasteiger partial charge in [-0.1, -0.05) is 0 Å². The fourth-order valence-corrected chi connectivity index (χ4v) is 3.71. The molecule has 184 valence electrons. The minimum atomic E-state index is -0.873. The number of hydrogen-bond donors (Lipinski definition) is 3. The molecule has 0 saturated heterocycles. The minimum absolute atomic E-state index is 0.131. The number of nitrogens with two attached hydrogens (primary N) is 1. The monoisotopic (exact) mass is 489 g/mol. The van der Waals surface area contributed by atoms with Crippen LogP contribution in [0.25, 0.3) is 11.0 Å². The highest BCUT2D eigenvalue weighted by atomic mass is 16.5. The Morgan fingerprint density at radius 1 is 0.944 bits per heavy atom. The second kappa shape index (κ2) is 9.74. The average molecular weight is 489 g/mol. The molecule has 2 amide bonds. The van der Waals surface area contributed by atoms with Crippen LogP contribution in [-0.4, -0.2) is 46.1 Å². The van der Waals surface area contributed by atoms with Gasteiger partial charge in [0.15, 0.2) is 11.5 Å². The third kappa shape index (κ3) is 4.53. The van der Waals surface area contributed by atoms with Crippen LogP contribution in [0, 0.1) is 13.8 Å². The number of methoxy groups -OCH3 is 2. The first-order valence-electron chi connectivity index (χ1n) is 10.7. The number of benzene rings is 1. The van der Waals surface area contributed by atoms with E-state index in [4.69, 9.17) is 19.9 Å². The molecule has 4 aromatic rings. The summed E-state index contributed by atoms with van der Waals surface area (Å²) in [7, 11) is 3.00. The van der Waals surface area contributed by atoms with Gasteiger partial charge in [-0.25, -0.2) is 4.98 Å². The topological polar surface area (TPSA) is 159 Å². The summed E-state index contributed by atoms with van der Waals surface area (Å²) in [4.78, 5) is 37.4. The second-order valence-electron chi connectivity index (χ2n) is 7.70. The van der Waals surface area contributed by atoms with Gasteiger partial charge in [-0.3, -0.25) is 19.6 Å². The Balaban J connectivity index is 1.57. The van der Waals surface area contributed by atoms with Crippen LogP contribution in [0.3, 0.4) is 0 Å². The molecule has 4 rings (SSSR count). The molecule has 3 heterocycles. The van der Waals surface area contributed by atoms with Crippen molar-refractivity contribution < 1.29 is 28.9 Å². The second-order valence-corrected chi connectivity index (χ2v) is 7.70. The van der Waals surface area contributed by atoms with Crippen LogP contribution in [0.15, 0.2) is 42.6 Å². The number of aryl methyl sites for hydroxylation is 2. The van der Waals surface area contributed by atoms with Crippen LogP contribution >= 0.6 is 0 Å². The van der Waals surface area contributed by atoms with Gasteiger partial charge in [-0.05, 0) is 38.1 Å². The van der Waals surface area contributed by atoms with Gasteiger partial charge in [0, 0.05) is 24.0 Å². The number of hydrogen-bond acceptors (Lipinski definition) is 9. The van der Waals surface area contributed by atoms with Crippen LogP contribution in [0.2, 0.25) is 0 Å². The smallest absolute Gasteiger partial charge is 0.261 e. The highest BCUT2D eigenvalue weighted by Gasteiger charge is 2.24. The van der Waals surface area contributed by atoms with E-state index < -0.39 is 17.6 Å². The van der Waals surface area contributed by atoms with Crippen molar-refractivity contribution >= 4 is 28.5 Å². The largest absolute Gasteiger partial charge is 0.506 e. The van der Waals surface area contributed by atoms with Crippen LogP contribution in [0.4, 0.5) is 5.69 Å². The lowest BCUT2D eigenvalue weighted by atomic mass is 10.0. The maximum atomic E-state index is 12.8. The number of ether oxygens (including phenoxy) is 3. The predicted octanol–water partition coefficient (Wildman–Crippen LogP) is 3.51. The Morgan fingerprint density at radius 2 is 1.64 bits per heavy atom. The fourth-order valence-electron chi connectivity index (χ4n) is 3.71. The summed E-state index contributed by atoms with van der Waals surface area (Å²) in [6.45, 7) is 3.09. The van der Waals surface area contributed by atoms with Crippen LogP contribution in [-0.2, 0) is 0 Å². The molecule has 3 aromatic heterocycles. The van der Waals surface area contributed by atoms with E-state index in [0.717, 1.165) is 0 Å². The van der Waals surface area contributed by atoms with E-state index in [2.05, 4.69) is 20.3 Å².